The van der Waals surface area contributed by atoms with Crippen molar-refractivity contribution >= 4 is 33.0 Å². The molecule has 0 amide bonds. The third-order valence-electron chi connectivity index (χ3n) is 3.00. The molecule has 0 fully saturated rings. The van der Waals surface area contributed by atoms with Gasteiger partial charge in [-0.25, -0.2) is 13.1 Å². The fraction of sp³-hybridized carbons (Fsp3) is 0.286. The molecule has 1 atom stereocenters. The maximum Gasteiger partial charge on any atom is 0.242 e. The summed E-state index contributed by atoms with van der Waals surface area (Å²) < 4.78 is 27.5. The van der Waals surface area contributed by atoms with E-state index in [1.807, 2.05) is 23.8 Å². The van der Waals surface area contributed by atoms with Gasteiger partial charge in [-0.3, -0.25) is 0 Å². The smallest absolute Gasteiger partial charge is 0.242 e. The summed E-state index contributed by atoms with van der Waals surface area (Å²) in [5.41, 5.74) is 7.38. The Labute approximate surface area is 134 Å². The number of rotatable bonds is 6. The summed E-state index contributed by atoms with van der Waals surface area (Å²) in [6, 6.07) is 6.56. The molecule has 0 radical (unpaired) electrons. The molecule has 1 heterocycles. The van der Waals surface area contributed by atoms with Gasteiger partial charge in [-0.15, -0.1) is 0 Å². The van der Waals surface area contributed by atoms with E-state index in [2.05, 4.69) is 4.72 Å². The first-order valence-corrected chi connectivity index (χ1v) is 9.24. The highest BCUT2D eigenvalue weighted by molar-refractivity contribution is 7.89. The van der Waals surface area contributed by atoms with Gasteiger partial charge in [-0.1, -0.05) is 17.7 Å². The predicted octanol–water partition coefficient (Wildman–Crippen LogP) is 2.77. The van der Waals surface area contributed by atoms with Crippen LogP contribution in [-0.2, 0) is 23.0 Å². The summed E-state index contributed by atoms with van der Waals surface area (Å²) in [7, 11) is -3.66. The zero-order valence-electron chi connectivity index (χ0n) is 11.5. The van der Waals surface area contributed by atoms with Crippen LogP contribution in [0.1, 0.15) is 18.1 Å². The van der Waals surface area contributed by atoms with Gasteiger partial charge in [-0.2, -0.15) is 11.3 Å². The van der Waals surface area contributed by atoms with Crippen LogP contribution in [0.3, 0.4) is 0 Å². The zero-order chi connectivity index (χ0) is 15.5. The maximum atomic E-state index is 12.4. The van der Waals surface area contributed by atoms with Crippen molar-refractivity contribution in [3.8, 4) is 0 Å². The molecule has 0 aliphatic rings. The van der Waals surface area contributed by atoms with Crippen molar-refractivity contribution in [1.82, 2.24) is 4.72 Å². The lowest BCUT2D eigenvalue weighted by Gasteiger charge is -2.15. The van der Waals surface area contributed by atoms with Gasteiger partial charge in [0.25, 0.3) is 0 Å². The van der Waals surface area contributed by atoms with Gasteiger partial charge in [-0.05, 0) is 53.4 Å². The minimum absolute atomic E-state index is 0.0734. The molecule has 3 N–H and O–H groups in total. The van der Waals surface area contributed by atoms with E-state index in [1.165, 1.54) is 6.07 Å². The molecular weight excluding hydrogens is 328 g/mol. The van der Waals surface area contributed by atoms with Crippen molar-refractivity contribution in [2.24, 2.45) is 5.73 Å². The molecule has 0 aliphatic heterocycles. The van der Waals surface area contributed by atoms with Crippen molar-refractivity contribution in [1.29, 1.82) is 0 Å². The summed E-state index contributed by atoms with van der Waals surface area (Å²) in [5, 5.41) is 4.17. The van der Waals surface area contributed by atoms with Crippen LogP contribution in [0.2, 0.25) is 5.02 Å². The van der Waals surface area contributed by atoms with Crippen LogP contribution in [0.25, 0.3) is 0 Å². The number of nitrogens with one attached hydrogen (secondary N) is 1. The fourth-order valence-electron chi connectivity index (χ4n) is 2.01. The van der Waals surface area contributed by atoms with Crippen LogP contribution in [-0.4, -0.2) is 14.5 Å². The molecule has 2 aromatic rings. The topological polar surface area (TPSA) is 72.2 Å². The minimum Gasteiger partial charge on any atom is -0.326 e. The van der Waals surface area contributed by atoms with Gasteiger partial charge >= 0.3 is 0 Å². The SMILES string of the molecule is CC(Cc1ccsc1)NS(=O)(=O)c1cc(CN)ccc1Cl. The van der Waals surface area contributed by atoms with Crippen LogP contribution in [0, 0.1) is 0 Å². The lowest BCUT2D eigenvalue weighted by Crippen LogP contribution is -2.34. The van der Waals surface area contributed by atoms with E-state index < -0.39 is 10.0 Å². The lowest BCUT2D eigenvalue weighted by molar-refractivity contribution is 0.560. The molecule has 0 saturated heterocycles. The van der Waals surface area contributed by atoms with E-state index in [0.717, 1.165) is 11.1 Å². The quantitative estimate of drug-likeness (QED) is 0.846. The molecular formula is C14H17ClN2O2S2. The van der Waals surface area contributed by atoms with Gasteiger partial charge in [0.05, 0.1) is 5.02 Å². The number of benzene rings is 1. The number of nitrogens with two attached hydrogens (primary N) is 1. The number of hydrogen-bond acceptors (Lipinski definition) is 4. The van der Waals surface area contributed by atoms with Crippen LogP contribution >= 0.6 is 22.9 Å². The van der Waals surface area contributed by atoms with Crippen molar-refractivity contribution in [2.45, 2.75) is 30.8 Å². The molecule has 1 unspecified atom stereocenters. The Hall–Kier alpha value is -0.920. The summed E-state index contributed by atoms with van der Waals surface area (Å²) >= 11 is 7.60. The lowest BCUT2D eigenvalue weighted by atomic mass is 10.1. The number of hydrogen-bond donors (Lipinski definition) is 2. The first-order valence-electron chi connectivity index (χ1n) is 6.44. The second kappa shape index (κ2) is 6.89. The average molecular weight is 345 g/mol. The van der Waals surface area contributed by atoms with E-state index in [0.29, 0.717) is 6.42 Å². The van der Waals surface area contributed by atoms with Gasteiger partial charge in [0, 0.05) is 12.6 Å². The molecule has 0 aliphatic carbocycles. The van der Waals surface area contributed by atoms with Gasteiger partial charge in [0.2, 0.25) is 10.0 Å². The Morgan fingerprint density at radius 3 is 2.71 bits per heavy atom. The van der Waals surface area contributed by atoms with Crippen LogP contribution in [0.5, 0.6) is 0 Å². The fourth-order valence-corrected chi connectivity index (χ4v) is 4.49. The molecule has 21 heavy (non-hydrogen) atoms. The summed E-state index contributed by atoms with van der Waals surface area (Å²) in [6.07, 6.45) is 0.636. The Morgan fingerprint density at radius 2 is 2.10 bits per heavy atom. The van der Waals surface area contributed by atoms with Gasteiger partial charge in [0.1, 0.15) is 4.90 Å². The van der Waals surface area contributed by atoms with E-state index in [1.54, 1.807) is 23.5 Å². The molecule has 1 aromatic heterocycles. The Morgan fingerprint density at radius 1 is 1.33 bits per heavy atom. The first kappa shape index (κ1) is 16.5. The molecule has 4 nitrogen and oxygen atoms in total. The van der Waals surface area contributed by atoms with E-state index >= 15 is 0 Å². The Balaban J connectivity index is 2.18. The third-order valence-corrected chi connectivity index (χ3v) is 5.80. The molecule has 1 aromatic carbocycles. The van der Waals surface area contributed by atoms with Crippen LogP contribution in [0.4, 0.5) is 0 Å². The van der Waals surface area contributed by atoms with Crippen LogP contribution < -0.4 is 10.5 Å². The van der Waals surface area contributed by atoms with E-state index in [9.17, 15) is 8.42 Å². The zero-order valence-corrected chi connectivity index (χ0v) is 13.9. The highest BCUT2D eigenvalue weighted by Crippen LogP contribution is 2.23. The second-order valence-electron chi connectivity index (χ2n) is 4.83. The highest BCUT2D eigenvalue weighted by atomic mass is 35.5. The molecule has 114 valence electrons. The Bertz CT molecular complexity index is 700. The molecule has 0 saturated carbocycles. The molecule has 0 spiro atoms. The second-order valence-corrected chi connectivity index (χ2v) is 7.70. The van der Waals surface area contributed by atoms with Crippen LogP contribution in [0.15, 0.2) is 39.9 Å². The predicted molar refractivity (Wildman–Crippen MR) is 87.1 cm³/mol. The monoisotopic (exact) mass is 344 g/mol. The number of thiophene rings is 1. The minimum atomic E-state index is -3.66. The molecule has 7 heteroatoms. The van der Waals surface area contributed by atoms with E-state index in [4.69, 9.17) is 17.3 Å². The summed E-state index contributed by atoms with van der Waals surface area (Å²) in [4.78, 5) is 0.0734. The Kier molecular flexibility index (Phi) is 5.40. The average Bonchev–Trinajstić information content (AvgIpc) is 2.91. The summed E-state index contributed by atoms with van der Waals surface area (Å²) in [5.74, 6) is 0. The normalized spacial score (nSPS) is 13.3. The largest absolute Gasteiger partial charge is 0.326 e. The summed E-state index contributed by atoms with van der Waals surface area (Å²) in [6.45, 7) is 2.10. The number of sulfonamides is 1. The third kappa shape index (κ3) is 4.28. The van der Waals surface area contributed by atoms with Crippen molar-refractivity contribution in [2.75, 3.05) is 0 Å². The molecule has 0 bridgehead atoms. The van der Waals surface area contributed by atoms with Gasteiger partial charge < -0.3 is 5.73 Å². The number of halogens is 1. The highest BCUT2D eigenvalue weighted by Gasteiger charge is 2.21. The van der Waals surface area contributed by atoms with Gasteiger partial charge in [0.15, 0.2) is 0 Å². The first-order chi connectivity index (χ1) is 9.92. The van der Waals surface area contributed by atoms with E-state index in [-0.39, 0.29) is 22.5 Å². The standard InChI is InChI=1S/C14H17ClN2O2S2/c1-10(6-12-4-5-20-9-12)17-21(18,19)14-7-11(8-16)2-3-13(14)15/h2-5,7,9-10,17H,6,8,16H2,1H3. The van der Waals surface area contributed by atoms with Crippen molar-refractivity contribution < 1.29 is 8.42 Å². The van der Waals surface area contributed by atoms with Crippen molar-refractivity contribution in [3.63, 3.8) is 0 Å². The van der Waals surface area contributed by atoms with Crippen molar-refractivity contribution in [3.05, 3.63) is 51.2 Å². The molecule has 2 rings (SSSR count). The maximum absolute atomic E-state index is 12.4.